The van der Waals surface area contributed by atoms with Gasteiger partial charge >= 0.3 is 0 Å². The highest BCUT2D eigenvalue weighted by molar-refractivity contribution is 7.85. The van der Waals surface area contributed by atoms with Gasteiger partial charge in [0.1, 0.15) is 0 Å². The van der Waals surface area contributed by atoms with Crippen molar-refractivity contribution in [2.45, 2.75) is 26.4 Å². The first kappa shape index (κ1) is 8.21. The van der Waals surface area contributed by atoms with Gasteiger partial charge in [-0.15, -0.1) is 0 Å². The van der Waals surface area contributed by atoms with Crippen molar-refractivity contribution in [3.63, 3.8) is 0 Å². The predicted octanol–water partition coefficient (Wildman–Crippen LogP) is 0.526. The largest absolute Gasteiger partial charge is 0.393 e. The Labute approximate surface area is 64.1 Å². The normalized spacial score (nSPS) is 39.5. The second kappa shape index (κ2) is 2.62. The van der Waals surface area contributed by atoms with Gasteiger partial charge in [0.05, 0.1) is 6.10 Å². The van der Waals surface area contributed by atoms with E-state index in [0.717, 1.165) is 0 Å². The van der Waals surface area contributed by atoms with Crippen molar-refractivity contribution in [1.29, 1.82) is 0 Å². The van der Waals surface area contributed by atoms with Crippen LogP contribution in [0, 0.1) is 5.41 Å². The molecule has 0 saturated carbocycles. The van der Waals surface area contributed by atoms with Crippen LogP contribution in [0.5, 0.6) is 0 Å². The van der Waals surface area contributed by atoms with E-state index in [2.05, 4.69) is 0 Å². The maximum Gasteiger partial charge on any atom is 0.0608 e. The molecule has 0 aromatic heterocycles. The quantitative estimate of drug-likeness (QED) is 0.564. The summed E-state index contributed by atoms with van der Waals surface area (Å²) in [5.41, 5.74) is -0.136. The molecule has 0 spiro atoms. The molecular weight excluding hydrogens is 148 g/mol. The van der Waals surface area contributed by atoms with Crippen LogP contribution in [0.4, 0.5) is 0 Å². The lowest BCUT2D eigenvalue weighted by molar-refractivity contribution is 0.0587. The van der Waals surface area contributed by atoms with Crippen LogP contribution in [0.25, 0.3) is 0 Å². The highest BCUT2D eigenvalue weighted by Gasteiger charge is 2.33. The average molecular weight is 162 g/mol. The third kappa shape index (κ3) is 1.58. The summed E-state index contributed by atoms with van der Waals surface area (Å²) in [6.07, 6.45) is 0.435. The Bertz CT molecular complexity index is 154. The monoisotopic (exact) mass is 162 g/mol. The zero-order valence-electron chi connectivity index (χ0n) is 6.46. The SMILES string of the molecule is CC1(C)C[S@](=O)CC[C@H]1O. The molecule has 1 aliphatic rings. The Morgan fingerprint density at radius 3 is 2.60 bits per heavy atom. The van der Waals surface area contributed by atoms with Crippen LogP contribution in [-0.4, -0.2) is 26.9 Å². The third-order valence-corrected chi connectivity index (χ3v) is 3.81. The van der Waals surface area contributed by atoms with Crippen molar-refractivity contribution >= 4 is 10.8 Å². The number of hydrogen-bond donors (Lipinski definition) is 1. The molecule has 2 atom stereocenters. The van der Waals surface area contributed by atoms with E-state index in [4.69, 9.17) is 0 Å². The van der Waals surface area contributed by atoms with E-state index in [-0.39, 0.29) is 11.5 Å². The molecule has 2 nitrogen and oxygen atoms in total. The summed E-state index contributed by atoms with van der Waals surface area (Å²) in [6.45, 7) is 3.93. The van der Waals surface area contributed by atoms with Gasteiger partial charge in [-0.3, -0.25) is 4.21 Å². The third-order valence-electron chi connectivity index (χ3n) is 2.05. The molecule has 0 aromatic carbocycles. The maximum absolute atomic E-state index is 11.0. The molecule has 1 aliphatic heterocycles. The molecule has 1 fully saturated rings. The van der Waals surface area contributed by atoms with Gasteiger partial charge in [-0.1, -0.05) is 13.8 Å². The molecule has 0 unspecified atom stereocenters. The van der Waals surface area contributed by atoms with E-state index >= 15 is 0 Å². The van der Waals surface area contributed by atoms with Gasteiger partial charge in [-0.2, -0.15) is 0 Å². The van der Waals surface area contributed by atoms with Gasteiger partial charge in [0, 0.05) is 27.7 Å². The summed E-state index contributed by atoms with van der Waals surface area (Å²) < 4.78 is 11.0. The number of hydrogen-bond acceptors (Lipinski definition) is 2. The number of rotatable bonds is 0. The molecular formula is C7H14O2S. The van der Waals surface area contributed by atoms with Crippen LogP contribution < -0.4 is 0 Å². The van der Waals surface area contributed by atoms with Crippen molar-refractivity contribution in [2.24, 2.45) is 5.41 Å². The standard InChI is InChI=1S/C7H14O2S/c1-7(2)5-10(9)4-3-6(7)8/h6,8H,3-5H2,1-2H3/t6-,10-/m1/s1. The lowest BCUT2D eigenvalue weighted by Gasteiger charge is -2.34. The zero-order chi connectivity index (χ0) is 7.78. The van der Waals surface area contributed by atoms with Crippen molar-refractivity contribution in [3.05, 3.63) is 0 Å². The van der Waals surface area contributed by atoms with Gasteiger partial charge in [0.25, 0.3) is 0 Å². The van der Waals surface area contributed by atoms with Gasteiger partial charge in [0.2, 0.25) is 0 Å². The topological polar surface area (TPSA) is 37.3 Å². The van der Waals surface area contributed by atoms with Crippen LogP contribution in [0.1, 0.15) is 20.3 Å². The molecule has 3 heteroatoms. The second-order valence-electron chi connectivity index (χ2n) is 3.58. The highest BCUT2D eigenvalue weighted by Crippen LogP contribution is 2.28. The molecule has 0 aliphatic carbocycles. The molecule has 0 aromatic rings. The highest BCUT2D eigenvalue weighted by atomic mass is 32.2. The fraction of sp³-hybridized carbons (Fsp3) is 1.00. The van der Waals surface area contributed by atoms with Crippen molar-refractivity contribution < 1.29 is 9.32 Å². The van der Waals surface area contributed by atoms with Crippen LogP contribution in [0.2, 0.25) is 0 Å². The predicted molar refractivity (Wildman–Crippen MR) is 42.3 cm³/mol. The van der Waals surface area contributed by atoms with Gasteiger partial charge in [-0.05, 0) is 6.42 Å². The summed E-state index contributed by atoms with van der Waals surface area (Å²) in [6, 6.07) is 0. The van der Waals surface area contributed by atoms with Crippen molar-refractivity contribution in [2.75, 3.05) is 11.5 Å². The summed E-state index contributed by atoms with van der Waals surface area (Å²) in [5.74, 6) is 1.32. The van der Waals surface area contributed by atoms with Gasteiger partial charge < -0.3 is 5.11 Å². The zero-order valence-corrected chi connectivity index (χ0v) is 7.28. The lowest BCUT2D eigenvalue weighted by atomic mass is 9.87. The molecule has 1 saturated heterocycles. The van der Waals surface area contributed by atoms with Crippen LogP contribution in [0.3, 0.4) is 0 Å². The lowest BCUT2D eigenvalue weighted by Crippen LogP contribution is -2.40. The second-order valence-corrected chi connectivity index (χ2v) is 5.16. The Hall–Kier alpha value is 0.110. The first-order chi connectivity index (χ1) is 4.52. The van der Waals surface area contributed by atoms with Gasteiger partial charge in [-0.25, -0.2) is 0 Å². The Morgan fingerprint density at radius 1 is 1.60 bits per heavy atom. The van der Waals surface area contributed by atoms with Crippen LogP contribution in [0.15, 0.2) is 0 Å². The first-order valence-corrected chi connectivity index (χ1v) is 5.04. The summed E-state index contributed by atoms with van der Waals surface area (Å²) in [7, 11) is -0.690. The van der Waals surface area contributed by atoms with Gasteiger partial charge in [0.15, 0.2) is 0 Å². The Kier molecular flexibility index (Phi) is 2.15. The molecule has 1 heterocycles. The molecule has 60 valence electrons. The van der Waals surface area contributed by atoms with E-state index in [0.29, 0.717) is 17.9 Å². The summed E-state index contributed by atoms with van der Waals surface area (Å²) in [4.78, 5) is 0. The van der Waals surface area contributed by atoms with E-state index in [1.165, 1.54) is 0 Å². The van der Waals surface area contributed by atoms with E-state index in [1.807, 2.05) is 13.8 Å². The molecule has 10 heavy (non-hydrogen) atoms. The minimum absolute atomic E-state index is 0.136. The van der Waals surface area contributed by atoms with E-state index in [9.17, 15) is 9.32 Å². The van der Waals surface area contributed by atoms with Crippen LogP contribution >= 0.6 is 0 Å². The van der Waals surface area contributed by atoms with E-state index < -0.39 is 10.8 Å². The van der Waals surface area contributed by atoms with Crippen molar-refractivity contribution in [1.82, 2.24) is 0 Å². The number of aliphatic hydroxyl groups is 1. The Morgan fingerprint density at radius 2 is 2.20 bits per heavy atom. The minimum Gasteiger partial charge on any atom is -0.393 e. The minimum atomic E-state index is -0.690. The Balaban J connectivity index is 2.63. The average Bonchev–Trinajstić information content (AvgIpc) is 1.78. The maximum atomic E-state index is 11.0. The summed E-state index contributed by atoms with van der Waals surface area (Å²) in [5, 5.41) is 9.42. The molecule has 1 N–H and O–H groups in total. The first-order valence-electron chi connectivity index (χ1n) is 3.55. The molecule has 0 amide bonds. The number of aliphatic hydroxyl groups excluding tert-OH is 1. The molecule has 1 rings (SSSR count). The fourth-order valence-electron chi connectivity index (χ4n) is 1.22. The summed E-state index contributed by atoms with van der Waals surface area (Å²) >= 11 is 0. The molecule has 0 radical (unpaired) electrons. The van der Waals surface area contributed by atoms with Crippen LogP contribution in [-0.2, 0) is 10.8 Å². The van der Waals surface area contributed by atoms with Crippen molar-refractivity contribution in [3.8, 4) is 0 Å². The molecule has 0 bridgehead atoms. The van der Waals surface area contributed by atoms with E-state index in [1.54, 1.807) is 0 Å². The smallest absolute Gasteiger partial charge is 0.0608 e. The fourth-order valence-corrected chi connectivity index (χ4v) is 2.87.